The average molecular weight is 494 g/mol. The van der Waals surface area contributed by atoms with Crippen LogP contribution in [0.3, 0.4) is 0 Å². The number of anilines is 1. The van der Waals surface area contributed by atoms with Crippen LogP contribution in [-0.2, 0) is 33.9 Å². The summed E-state index contributed by atoms with van der Waals surface area (Å²) in [6, 6.07) is 6.31. The van der Waals surface area contributed by atoms with Gasteiger partial charge in [-0.2, -0.15) is 0 Å². The van der Waals surface area contributed by atoms with Gasteiger partial charge < -0.3 is 14.8 Å². The van der Waals surface area contributed by atoms with Crippen molar-refractivity contribution in [3.8, 4) is 0 Å². The number of rotatable bonds is 5. The predicted molar refractivity (Wildman–Crippen MR) is 124 cm³/mol. The van der Waals surface area contributed by atoms with Crippen LogP contribution in [0, 0.1) is 23.7 Å². The molecule has 1 N–H and O–H groups in total. The van der Waals surface area contributed by atoms with Crippen molar-refractivity contribution in [2.24, 2.45) is 23.7 Å². The van der Waals surface area contributed by atoms with E-state index in [-0.39, 0.29) is 35.2 Å². The molecule has 4 aliphatic heterocycles. The first-order valence-corrected chi connectivity index (χ1v) is 14.2. The third-order valence-corrected chi connectivity index (χ3v) is 9.61. The van der Waals surface area contributed by atoms with Crippen molar-refractivity contribution in [3.63, 3.8) is 0 Å². The number of fused-ring (bicyclic) bond motifs is 2. The van der Waals surface area contributed by atoms with Crippen molar-refractivity contribution in [1.29, 1.82) is 0 Å². The fourth-order valence-corrected chi connectivity index (χ4v) is 7.28. The molecule has 0 aromatic heterocycles. The summed E-state index contributed by atoms with van der Waals surface area (Å²) in [5.41, 5.74) is -0.130. The molecule has 0 radical (unpaired) electrons. The second-order valence-electron chi connectivity index (χ2n) is 10.8. The predicted octanol–water partition coefficient (Wildman–Crippen LogP) is 4.06. The van der Waals surface area contributed by atoms with Crippen LogP contribution in [0.5, 0.6) is 0 Å². The molecule has 4 saturated heterocycles. The van der Waals surface area contributed by atoms with Gasteiger partial charge >= 0.3 is 0 Å². The fraction of sp³-hybridized carbons (Fsp3) is 0.720. The minimum Gasteiger partial charge on any atom is -0.346 e. The number of sulfone groups is 1. The molecular weight excluding hydrogens is 458 g/mol. The Bertz CT molecular complexity index is 1060. The summed E-state index contributed by atoms with van der Waals surface area (Å²) < 4.78 is 36.5. The van der Waals surface area contributed by atoms with Crippen LogP contribution in [0.4, 0.5) is 5.69 Å². The molecule has 1 unspecified atom stereocenters. The number of carbonyl (C=O) groups excluding carboxylic acids is 1. The van der Waals surface area contributed by atoms with Crippen LogP contribution in [0.25, 0.3) is 0 Å². The molecule has 5 aliphatic rings. The summed E-state index contributed by atoms with van der Waals surface area (Å²) in [6.07, 6.45) is 5.21. The van der Waals surface area contributed by atoms with Crippen LogP contribution in [0.1, 0.15) is 59.3 Å². The van der Waals surface area contributed by atoms with Crippen molar-refractivity contribution in [1.82, 2.24) is 0 Å². The molecule has 9 heteroatoms. The minimum absolute atomic E-state index is 0.144. The van der Waals surface area contributed by atoms with Crippen LogP contribution in [0.15, 0.2) is 29.2 Å². The number of hydrogen-bond acceptors (Lipinski definition) is 7. The Hall–Kier alpha value is -1.52. The maximum atomic E-state index is 12.7. The van der Waals surface area contributed by atoms with Crippen molar-refractivity contribution in [2.45, 2.75) is 88.0 Å². The van der Waals surface area contributed by atoms with Crippen LogP contribution in [0.2, 0.25) is 0 Å². The summed E-state index contributed by atoms with van der Waals surface area (Å²) in [4.78, 5) is 24.9. The lowest BCUT2D eigenvalue weighted by Gasteiger charge is -2.60. The van der Waals surface area contributed by atoms with Gasteiger partial charge in [-0.25, -0.2) is 18.2 Å². The van der Waals surface area contributed by atoms with Gasteiger partial charge in [-0.1, -0.05) is 19.9 Å². The highest BCUT2D eigenvalue weighted by Crippen LogP contribution is 2.60. The molecule has 1 spiro atoms. The number of hydrogen-bond donors (Lipinski definition) is 1. The van der Waals surface area contributed by atoms with Gasteiger partial charge in [0.1, 0.15) is 0 Å². The van der Waals surface area contributed by atoms with Crippen molar-refractivity contribution in [2.75, 3.05) is 11.6 Å². The average Bonchev–Trinajstić information content (AvgIpc) is 3.01. The second kappa shape index (κ2) is 8.55. The standard InChI is InChI=1S/C25H35NO7S/c1-15-8-9-20-16(2)21(30-23-25(20)19(15)12-13-24(3,31-23)32-33-25)10-11-22(27)26-17-6-5-7-18(14-17)34(4,28)29/h5-7,14-16,19-21,23H,8-13H2,1-4H3,(H,26,27)/t15-,16-,19+,20+,21-,23-,24?,25-/m1/s1. The van der Waals surface area contributed by atoms with E-state index in [4.69, 9.17) is 19.2 Å². The topological polar surface area (TPSA) is 100 Å². The lowest BCUT2D eigenvalue weighted by molar-refractivity contribution is -0.571. The summed E-state index contributed by atoms with van der Waals surface area (Å²) in [7, 11) is -3.34. The minimum atomic E-state index is -3.34. The number of amides is 1. The quantitative estimate of drug-likeness (QED) is 0.618. The number of nitrogens with one attached hydrogen (secondary N) is 1. The zero-order chi connectivity index (χ0) is 24.3. The molecule has 4 heterocycles. The third kappa shape index (κ3) is 4.09. The lowest BCUT2D eigenvalue weighted by atomic mass is 9.57. The van der Waals surface area contributed by atoms with Crippen LogP contribution < -0.4 is 5.32 Å². The van der Waals surface area contributed by atoms with Gasteiger partial charge in [0.25, 0.3) is 0 Å². The van der Waals surface area contributed by atoms with Gasteiger partial charge in [0.05, 0.1) is 11.0 Å². The van der Waals surface area contributed by atoms with Gasteiger partial charge in [-0.15, -0.1) is 0 Å². The molecule has 1 aromatic carbocycles. The van der Waals surface area contributed by atoms with Gasteiger partial charge in [0.2, 0.25) is 11.7 Å². The zero-order valence-electron chi connectivity index (χ0n) is 20.3. The van der Waals surface area contributed by atoms with E-state index in [0.717, 1.165) is 31.9 Å². The van der Waals surface area contributed by atoms with E-state index in [1.807, 2.05) is 6.92 Å². The normalized spacial score (nSPS) is 41.4. The Balaban J connectivity index is 1.29. The Kier molecular flexibility index (Phi) is 6.08. The lowest BCUT2D eigenvalue weighted by Crippen LogP contribution is -2.70. The maximum absolute atomic E-state index is 12.7. The van der Waals surface area contributed by atoms with E-state index < -0.39 is 27.5 Å². The van der Waals surface area contributed by atoms with Crippen molar-refractivity contribution >= 4 is 21.4 Å². The van der Waals surface area contributed by atoms with E-state index >= 15 is 0 Å². The summed E-state index contributed by atoms with van der Waals surface area (Å²) in [5, 5.41) is 2.82. The van der Waals surface area contributed by atoms with Gasteiger partial charge in [0, 0.05) is 30.7 Å². The largest absolute Gasteiger partial charge is 0.346 e. The molecule has 1 aromatic rings. The van der Waals surface area contributed by atoms with E-state index in [9.17, 15) is 13.2 Å². The molecule has 1 aliphatic carbocycles. The maximum Gasteiger partial charge on any atom is 0.224 e. The zero-order valence-corrected chi connectivity index (χ0v) is 21.1. The first-order chi connectivity index (χ1) is 16.0. The Morgan fingerprint density at radius 2 is 1.94 bits per heavy atom. The number of carbonyl (C=O) groups is 1. The van der Waals surface area contributed by atoms with E-state index in [0.29, 0.717) is 23.9 Å². The van der Waals surface area contributed by atoms with Gasteiger partial charge in [-0.3, -0.25) is 4.79 Å². The SMILES string of the molecule is C[C@H]1[C@@H](CCC(=O)Nc2cccc(S(C)(=O)=O)c2)O[C@@H]2OC3(C)CC[C@H]4[C@H](C)CC[C@@H]1[C@@]24OO3. The van der Waals surface area contributed by atoms with Crippen LogP contribution >= 0.6 is 0 Å². The van der Waals surface area contributed by atoms with Gasteiger partial charge in [0.15, 0.2) is 21.7 Å². The first-order valence-electron chi connectivity index (χ1n) is 12.3. The summed E-state index contributed by atoms with van der Waals surface area (Å²) in [5.74, 6) is 0.246. The molecule has 8 atom stereocenters. The Morgan fingerprint density at radius 3 is 2.71 bits per heavy atom. The van der Waals surface area contributed by atoms with E-state index in [2.05, 4.69) is 19.2 Å². The van der Waals surface area contributed by atoms with E-state index in [1.54, 1.807) is 12.1 Å². The Labute approximate surface area is 201 Å². The summed E-state index contributed by atoms with van der Waals surface area (Å²) in [6.45, 7) is 6.38. The highest BCUT2D eigenvalue weighted by molar-refractivity contribution is 7.90. The molecule has 1 amide bonds. The molecule has 34 heavy (non-hydrogen) atoms. The first kappa shape index (κ1) is 24.2. The van der Waals surface area contributed by atoms with Crippen LogP contribution in [-0.4, -0.2) is 44.4 Å². The third-order valence-electron chi connectivity index (χ3n) is 8.50. The monoisotopic (exact) mass is 493 g/mol. The molecule has 8 nitrogen and oxygen atoms in total. The molecule has 2 bridgehead atoms. The highest BCUT2D eigenvalue weighted by Gasteiger charge is 2.69. The molecule has 5 fully saturated rings. The molecule has 1 saturated carbocycles. The number of benzene rings is 1. The second-order valence-corrected chi connectivity index (χ2v) is 12.8. The summed E-state index contributed by atoms with van der Waals surface area (Å²) >= 11 is 0. The molecule has 6 rings (SSSR count). The molecular formula is C25H35NO7S. The highest BCUT2D eigenvalue weighted by atomic mass is 32.2. The van der Waals surface area contributed by atoms with E-state index in [1.165, 1.54) is 12.1 Å². The Morgan fingerprint density at radius 1 is 1.15 bits per heavy atom. The smallest absolute Gasteiger partial charge is 0.224 e. The number of ether oxygens (including phenoxy) is 2. The van der Waals surface area contributed by atoms with Crippen molar-refractivity contribution in [3.05, 3.63) is 24.3 Å². The van der Waals surface area contributed by atoms with Gasteiger partial charge in [-0.05, 0) is 68.6 Å². The fourth-order valence-electron chi connectivity index (χ4n) is 6.61. The molecule has 188 valence electrons. The van der Waals surface area contributed by atoms with Crippen molar-refractivity contribution < 1.29 is 32.5 Å².